The molecule has 2 heterocycles. The van der Waals surface area contributed by atoms with Gasteiger partial charge in [-0.3, -0.25) is 14.5 Å². The maximum atomic E-state index is 13.5. The highest BCUT2D eigenvalue weighted by molar-refractivity contribution is 8.14. The monoisotopic (exact) mass is 535 g/mol. The van der Waals surface area contributed by atoms with Gasteiger partial charge in [0, 0.05) is 11.7 Å². The molecule has 0 radical (unpaired) electrons. The summed E-state index contributed by atoms with van der Waals surface area (Å²) in [6, 6.07) is 20.9. The minimum absolute atomic E-state index is 0.0215. The van der Waals surface area contributed by atoms with E-state index in [4.69, 9.17) is 23.2 Å². The number of anilines is 2. The van der Waals surface area contributed by atoms with Crippen LogP contribution in [0.5, 0.6) is 0 Å². The van der Waals surface area contributed by atoms with Gasteiger partial charge in [0.2, 0.25) is 5.91 Å². The molecule has 36 heavy (non-hydrogen) atoms. The molecule has 2 amide bonds. The van der Waals surface area contributed by atoms with Crippen molar-refractivity contribution in [3.8, 4) is 0 Å². The van der Waals surface area contributed by atoms with Gasteiger partial charge in [-0.15, -0.1) is 0 Å². The minimum Gasteiger partial charge on any atom is -0.308 e. The number of nitrogens with zero attached hydrogens (tertiary/aromatic N) is 3. The number of para-hydroxylation sites is 1. The van der Waals surface area contributed by atoms with E-state index >= 15 is 0 Å². The molecule has 8 heteroatoms. The first-order chi connectivity index (χ1) is 17.3. The second kappa shape index (κ2) is 10.1. The van der Waals surface area contributed by atoms with Gasteiger partial charge >= 0.3 is 0 Å². The number of amides is 2. The van der Waals surface area contributed by atoms with Crippen LogP contribution < -0.4 is 9.80 Å². The summed E-state index contributed by atoms with van der Waals surface area (Å²) in [5.41, 5.74) is 4.72. The molecule has 0 N–H and O–H groups in total. The molecule has 0 aromatic heterocycles. The van der Waals surface area contributed by atoms with Gasteiger partial charge in [-0.2, -0.15) is 0 Å². The maximum absolute atomic E-state index is 13.5. The third-order valence-corrected chi connectivity index (χ3v) is 7.95. The maximum Gasteiger partial charge on any atom is 0.283 e. The van der Waals surface area contributed by atoms with Crippen LogP contribution in [-0.2, 0) is 16.0 Å². The standard InChI is InChI=1S/C28H23Cl2N3O2S/c1-17-10-12-21(13-11-17)33-27(35)23(15-20-7-5-8-22(29)26(20)30)31-28(33)36-16-25(34)32-18(2)14-19-6-3-4-9-24(19)32/h3-13,15,18H,14,16H2,1-2H3/b23-15+/t18-/m1/s1. The Balaban J connectivity index is 1.44. The van der Waals surface area contributed by atoms with Crippen LogP contribution in [0.15, 0.2) is 77.4 Å². The fourth-order valence-electron chi connectivity index (χ4n) is 4.44. The number of halogens is 2. The van der Waals surface area contributed by atoms with Crippen molar-refractivity contribution in [2.24, 2.45) is 4.99 Å². The van der Waals surface area contributed by atoms with Crippen LogP contribution in [0.25, 0.3) is 6.08 Å². The number of thioether (sulfide) groups is 1. The van der Waals surface area contributed by atoms with Crippen LogP contribution in [0.4, 0.5) is 11.4 Å². The van der Waals surface area contributed by atoms with Crippen molar-refractivity contribution in [2.75, 3.05) is 15.6 Å². The first-order valence-corrected chi connectivity index (χ1v) is 13.3. The highest BCUT2D eigenvalue weighted by Crippen LogP contribution is 2.35. The SMILES string of the molecule is Cc1ccc(N2C(=O)/C(=C\c3cccc(Cl)c3Cl)N=C2SCC(=O)N2c3ccccc3C[C@H]2C)cc1. The summed E-state index contributed by atoms with van der Waals surface area (Å²) >= 11 is 13.8. The normalized spacial score (nSPS) is 18.1. The van der Waals surface area contributed by atoms with Crippen LogP contribution in [0.3, 0.4) is 0 Å². The van der Waals surface area contributed by atoms with E-state index < -0.39 is 0 Å². The third-order valence-electron chi connectivity index (χ3n) is 6.20. The van der Waals surface area contributed by atoms with Gasteiger partial charge < -0.3 is 4.90 Å². The molecule has 182 valence electrons. The minimum atomic E-state index is -0.287. The summed E-state index contributed by atoms with van der Waals surface area (Å²) in [6.07, 6.45) is 2.46. The number of benzene rings is 3. The number of fused-ring (bicyclic) bond motifs is 1. The molecule has 0 unspecified atom stereocenters. The lowest BCUT2D eigenvalue weighted by molar-refractivity contribution is -0.116. The van der Waals surface area contributed by atoms with Gasteiger partial charge in [0.05, 0.1) is 21.5 Å². The van der Waals surface area contributed by atoms with Crippen molar-refractivity contribution in [3.63, 3.8) is 0 Å². The van der Waals surface area contributed by atoms with Crippen LogP contribution in [-0.4, -0.2) is 28.8 Å². The molecule has 5 nitrogen and oxygen atoms in total. The van der Waals surface area contributed by atoms with E-state index in [0.29, 0.717) is 26.5 Å². The molecule has 0 aliphatic carbocycles. The van der Waals surface area contributed by atoms with Crippen molar-refractivity contribution in [3.05, 3.63) is 99.2 Å². The molecule has 0 saturated carbocycles. The average molecular weight is 536 g/mol. The molecule has 2 aliphatic rings. The lowest BCUT2D eigenvalue weighted by Crippen LogP contribution is -2.38. The van der Waals surface area contributed by atoms with E-state index in [1.807, 2.05) is 61.2 Å². The number of amidine groups is 1. The van der Waals surface area contributed by atoms with E-state index in [-0.39, 0.29) is 29.3 Å². The Bertz CT molecular complexity index is 1420. The zero-order valence-electron chi connectivity index (χ0n) is 19.7. The highest BCUT2D eigenvalue weighted by Gasteiger charge is 2.35. The van der Waals surface area contributed by atoms with Crippen LogP contribution in [0.2, 0.25) is 10.0 Å². The Morgan fingerprint density at radius 2 is 1.83 bits per heavy atom. The second-order valence-corrected chi connectivity index (χ2v) is 10.5. The largest absolute Gasteiger partial charge is 0.308 e. The summed E-state index contributed by atoms with van der Waals surface area (Å²) < 4.78 is 0. The second-order valence-electron chi connectivity index (χ2n) is 8.78. The first-order valence-electron chi connectivity index (χ1n) is 11.5. The number of carbonyl (C=O) groups excluding carboxylic acids is 2. The quantitative estimate of drug-likeness (QED) is 0.347. The summed E-state index contributed by atoms with van der Waals surface area (Å²) in [6.45, 7) is 4.03. The number of aliphatic imine (C=N–C) groups is 1. The molecule has 0 saturated heterocycles. The smallest absolute Gasteiger partial charge is 0.283 e. The molecule has 2 aliphatic heterocycles. The van der Waals surface area contributed by atoms with Crippen molar-refractivity contribution in [1.82, 2.24) is 0 Å². The van der Waals surface area contributed by atoms with Gasteiger partial charge in [0.15, 0.2) is 5.17 Å². The first kappa shape index (κ1) is 24.6. The van der Waals surface area contributed by atoms with Gasteiger partial charge in [0.1, 0.15) is 5.70 Å². The molecular weight excluding hydrogens is 513 g/mol. The predicted octanol–water partition coefficient (Wildman–Crippen LogP) is 6.76. The summed E-state index contributed by atoms with van der Waals surface area (Å²) in [5, 5.41) is 1.20. The van der Waals surface area contributed by atoms with Crippen LogP contribution in [0, 0.1) is 6.92 Å². The zero-order valence-corrected chi connectivity index (χ0v) is 22.1. The molecule has 0 fully saturated rings. The lowest BCUT2D eigenvalue weighted by atomic mass is 10.1. The molecule has 3 aromatic rings. The topological polar surface area (TPSA) is 53.0 Å². The van der Waals surface area contributed by atoms with Gasteiger partial charge in [0.25, 0.3) is 5.91 Å². The van der Waals surface area contributed by atoms with Crippen LogP contribution in [0.1, 0.15) is 23.6 Å². The Morgan fingerprint density at radius 1 is 1.08 bits per heavy atom. The number of rotatable bonds is 4. The molecule has 3 aromatic carbocycles. The van der Waals surface area contributed by atoms with Gasteiger partial charge in [-0.05, 0) is 61.7 Å². The number of hydrogen-bond donors (Lipinski definition) is 0. The fraction of sp³-hybridized carbons (Fsp3) is 0.179. The van der Waals surface area contributed by atoms with Crippen LogP contribution >= 0.6 is 35.0 Å². The summed E-state index contributed by atoms with van der Waals surface area (Å²) in [7, 11) is 0. The average Bonchev–Trinajstić information content (AvgIpc) is 3.36. The number of hydrogen-bond acceptors (Lipinski definition) is 4. The molecule has 1 atom stereocenters. The molecule has 0 bridgehead atoms. The Labute approximate surface area is 224 Å². The van der Waals surface area contributed by atoms with Gasteiger partial charge in [-0.1, -0.05) is 83.0 Å². The van der Waals surface area contributed by atoms with E-state index in [2.05, 4.69) is 11.1 Å². The molecular formula is C28H23Cl2N3O2S. The van der Waals surface area contributed by atoms with Gasteiger partial charge in [-0.25, -0.2) is 4.99 Å². The van der Waals surface area contributed by atoms with E-state index in [1.54, 1.807) is 29.2 Å². The Kier molecular flexibility index (Phi) is 6.93. The third kappa shape index (κ3) is 4.69. The Hall–Kier alpha value is -3.06. The lowest BCUT2D eigenvalue weighted by Gasteiger charge is -2.23. The number of aryl methyl sites for hydroxylation is 1. The van der Waals surface area contributed by atoms with E-state index in [0.717, 1.165) is 17.7 Å². The summed E-state index contributed by atoms with van der Waals surface area (Å²) in [4.78, 5) is 34.8. The van der Waals surface area contributed by atoms with E-state index in [1.165, 1.54) is 17.3 Å². The zero-order chi connectivity index (χ0) is 25.4. The van der Waals surface area contributed by atoms with Crippen molar-refractivity contribution < 1.29 is 9.59 Å². The van der Waals surface area contributed by atoms with Crippen molar-refractivity contribution in [1.29, 1.82) is 0 Å². The van der Waals surface area contributed by atoms with E-state index in [9.17, 15) is 9.59 Å². The molecule has 0 spiro atoms. The predicted molar refractivity (Wildman–Crippen MR) is 150 cm³/mol. The Morgan fingerprint density at radius 3 is 2.61 bits per heavy atom. The van der Waals surface area contributed by atoms with Crippen molar-refractivity contribution >= 4 is 69.4 Å². The highest BCUT2D eigenvalue weighted by atomic mass is 35.5. The van der Waals surface area contributed by atoms with Crippen molar-refractivity contribution in [2.45, 2.75) is 26.3 Å². The molecule has 5 rings (SSSR count). The fourth-order valence-corrected chi connectivity index (χ4v) is 5.67. The summed E-state index contributed by atoms with van der Waals surface area (Å²) in [5.74, 6) is -0.158. The number of carbonyl (C=O) groups is 2.